The summed E-state index contributed by atoms with van der Waals surface area (Å²) in [5, 5.41) is 0. The third-order valence-electron chi connectivity index (χ3n) is 5.23. The van der Waals surface area contributed by atoms with Crippen LogP contribution in [-0.2, 0) is 16.1 Å². The van der Waals surface area contributed by atoms with Gasteiger partial charge in [0.05, 0.1) is 5.92 Å². The number of hydrogen-bond donors (Lipinski definition) is 0. The standard InChI is InChI=1S/C20H28N2O2/c1-16-7-9-17(10-8-16)14-22-15-18(13-19(22)23)20(24)21-11-5-3-2-4-6-12-21/h7-10,18H,2-6,11-15H2,1H3. The van der Waals surface area contributed by atoms with E-state index in [0.717, 1.165) is 31.5 Å². The molecular weight excluding hydrogens is 300 g/mol. The van der Waals surface area contributed by atoms with Gasteiger partial charge in [-0.1, -0.05) is 49.1 Å². The van der Waals surface area contributed by atoms with Gasteiger partial charge in [-0.15, -0.1) is 0 Å². The molecule has 2 saturated heterocycles. The van der Waals surface area contributed by atoms with Crippen molar-refractivity contribution in [2.24, 2.45) is 5.92 Å². The van der Waals surface area contributed by atoms with E-state index < -0.39 is 0 Å². The molecule has 2 aliphatic heterocycles. The highest BCUT2D eigenvalue weighted by Crippen LogP contribution is 2.23. The molecule has 3 rings (SSSR count). The maximum Gasteiger partial charge on any atom is 0.227 e. The summed E-state index contributed by atoms with van der Waals surface area (Å²) in [6.45, 7) is 4.97. The molecule has 0 N–H and O–H groups in total. The summed E-state index contributed by atoms with van der Waals surface area (Å²) in [5.41, 5.74) is 2.35. The maximum absolute atomic E-state index is 12.8. The van der Waals surface area contributed by atoms with Gasteiger partial charge in [0.1, 0.15) is 0 Å². The average molecular weight is 328 g/mol. The molecule has 2 amide bonds. The fraction of sp³-hybridized carbons (Fsp3) is 0.600. The molecule has 1 aromatic carbocycles. The second kappa shape index (κ2) is 7.82. The Labute approximate surface area is 144 Å². The smallest absolute Gasteiger partial charge is 0.227 e. The van der Waals surface area contributed by atoms with Crippen LogP contribution in [0.4, 0.5) is 0 Å². The second-order valence-electron chi connectivity index (χ2n) is 7.25. The van der Waals surface area contributed by atoms with Crippen molar-refractivity contribution in [3.05, 3.63) is 35.4 Å². The lowest BCUT2D eigenvalue weighted by Gasteiger charge is -2.27. The first-order chi connectivity index (χ1) is 11.6. The predicted molar refractivity (Wildman–Crippen MR) is 94.4 cm³/mol. The molecule has 2 fully saturated rings. The molecule has 4 heteroatoms. The topological polar surface area (TPSA) is 40.6 Å². The van der Waals surface area contributed by atoms with E-state index in [1.165, 1.54) is 24.8 Å². The quantitative estimate of drug-likeness (QED) is 0.855. The number of carbonyl (C=O) groups is 2. The molecule has 1 aromatic rings. The number of amides is 2. The molecule has 1 atom stereocenters. The van der Waals surface area contributed by atoms with E-state index in [-0.39, 0.29) is 17.7 Å². The van der Waals surface area contributed by atoms with Gasteiger partial charge in [0.25, 0.3) is 0 Å². The van der Waals surface area contributed by atoms with Crippen LogP contribution in [0.5, 0.6) is 0 Å². The van der Waals surface area contributed by atoms with Gasteiger partial charge in [-0.3, -0.25) is 9.59 Å². The van der Waals surface area contributed by atoms with Crippen LogP contribution in [0.25, 0.3) is 0 Å². The zero-order valence-corrected chi connectivity index (χ0v) is 14.7. The lowest BCUT2D eigenvalue weighted by atomic mass is 10.0. The lowest BCUT2D eigenvalue weighted by molar-refractivity contribution is -0.136. The van der Waals surface area contributed by atoms with E-state index in [0.29, 0.717) is 19.5 Å². The number of carbonyl (C=O) groups excluding carboxylic acids is 2. The zero-order chi connectivity index (χ0) is 16.9. The summed E-state index contributed by atoms with van der Waals surface area (Å²) < 4.78 is 0. The summed E-state index contributed by atoms with van der Waals surface area (Å²) in [4.78, 5) is 29.0. The number of rotatable bonds is 3. The number of nitrogens with zero attached hydrogens (tertiary/aromatic N) is 2. The molecule has 0 aliphatic carbocycles. The average Bonchev–Trinajstić information content (AvgIpc) is 2.90. The predicted octanol–water partition coefficient (Wildman–Crippen LogP) is 3.14. The number of hydrogen-bond acceptors (Lipinski definition) is 2. The van der Waals surface area contributed by atoms with Gasteiger partial charge in [-0.05, 0) is 25.3 Å². The Morgan fingerprint density at radius 3 is 2.33 bits per heavy atom. The van der Waals surface area contributed by atoms with Crippen LogP contribution >= 0.6 is 0 Å². The summed E-state index contributed by atoms with van der Waals surface area (Å²) in [5.74, 6) is 0.153. The van der Waals surface area contributed by atoms with Crippen molar-refractivity contribution >= 4 is 11.8 Å². The van der Waals surface area contributed by atoms with E-state index in [9.17, 15) is 9.59 Å². The molecule has 0 aromatic heterocycles. The van der Waals surface area contributed by atoms with Crippen LogP contribution in [0.3, 0.4) is 0 Å². The first kappa shape index (κ1) is 17.0. The van der Waals surface area contributed by atoms with Crippen molar-refractivity contribution in [3.63, 3.8) is 0 Å². The van der Waals surface area contributed by atoms with Gasteiger partial charge in [-0.25, -0.2) is 0 Å². The van der Waals surface area contributed by atoms with Crippen molar-refractivity contribution in [1.82, 2.24) is 9.80 Å². The van der Waals surface area contributed by atoms with E-state index in [2.05, 4.69) is 31.2 Å². The van der Waals surface area contributed by atoms with Crippen LogP contribution in [0.2, 0.25) is 0 Å². The van der Waals surface area contributed by atoms with Crippen molar-refractivity contribution in [2.75, 3.05) is 19.6 Å². The van der Waals surface area contributed by atoms with Crippen molar-refractivity contribution in [3.8, 4) is 0 Å². The fourth-order valence-corrected chi connectivity index (χ4v) is 3.73. The molecule has 24 heavy (non-hydrogen) atoms. The van der Waals surface area contributed by atoms with E-state index in [1.54, 1.807) is 0 Å². The number of benzene rings is 1. The Morgan fingerprint density at radius 2 is 1.67 bits per heavy atom. The first-order valence-electron chi connectivity index (χ1n) is 9.25. The molecule has 2 heterocycles. The molecule has 1 unspecified atom stereocenters. The largest absolute Gasteiger partial charge is 0.342 e. The SMILES string of the molecule is Cc1ccc(CN2CC(C(=O)N3CCCCCCC3)CC2=O)cc1. The van der Waals surface area contributed by atoms with Gasteiger partial charge < -0.3 is 9.80 Å². The van der Waals surface area contributed by atoms with Crippen molar-refractivity contribution < 1.29 is 9.59 Å². The Balaban J connectivity index is 1.58. The molecule has 0 bridgehead atoms. The van der Waals surface area contributed by atoms with Crippen LogP contribution in [0, 0.1) is 12.8 Å². The normalized spacial score (nSPS) is 22.4. The zero-order valence-electron chi connectivity index (χ0n) is 14.7. The number of likely N-dealkylation sites (tertiary alicyclic amines) is 2. The minimum atomic E-state index is -0.151. The molecule has 0 saturated carbocycles. The summed E-state index contributed by atoms with van der Waals surface area (Å²) in [6.07, 6.45) is 6.29. The Morgan fingerprint density at radius 1 is 1.04 bits per heavy atom. The van der Waals surface area contributed by atoms with Gasteiger partial charge in [0, 0.05) is 32.6 Å². The highest BCUT2D eigenvalue weighted by Gasteiger charge is 2.36. The Kier molecular flexibility index (Phi) is 5.54. The van der Waals surface area contributed by atoms with Crippen LogP contribution in [0.15, 0.2) is 24.3 Å². The molecule has 4 nitrogen and oxygen atoms in total. The summed E-state index contributed by atoms with van der Waals surface area (Å²) in [6, 6.07) is 8.27. The summed E-state index contributed by atoms with van der Waals surface area (Å²) in [7, 11) is 0. The molecule has 0 spiro atoms. The fourth-order valence-electron chi connectivity index (χ4n) is 3.73. The third kappa shape index (κ3) is 4.16. The molecule has 130 valence electrons. The second-order valence-corrected chi connectivity index (χ2v) is 7.25. The maximum atomic E-state index is 12.8. The first-order valence-corrected chi connectivity index (χ1v) is 9.25. The van der Waals surface area contributed by atoms with Crippen LogP contribution in [0.1, 0.15) is 49.7 Å². The van der Waals surface area contributed by atoms with Crippen LogP contribution in [-0.4, -0.2) is 41.2 Å². The van der Waals surface area contributed by atoms with E-state index in [1.807, 2.05) is 9.80 Å². The number of aryl methyl sites for hydroxylation is 1. The Hall–Kier alpha value is -1.84. The molecule has 0 radical (unpaired) electrons. The lowest BCUT2D eigenvalue weighted by Crippen LogP contribution is -2.39. The molecular formula is C20H28N2O2. The van der Waals surface area contributed by atoms with E-state index >= 15 is 0 Å². The van der Waals surface area contributed by atoms with Crippen molar-refractivity contribution in [2.45, 2.75) is 52.0 Å². The van der Waals surface area contributed by atoms with Crippen LogP contribution < -0.4 is 0 Å². The van der Waals surface area contributed by atoms with Gasteiger partial charge in [-0.2, -0.15) is 0 Å². The molecule has 2 aliphatic rings. The highest BCUT2D eigenvalue weighted by atomic mass is 16.2. The van der Waals surface area contributed by atoms with E-state index in [4.69, 9.17) is 0 Å². The highest BCUT2D eigenvalue weighted by molar-refractivity contribution is 5.89. The van der Waals surface area contributed by atoms with Gasteiger partial charge in [0.2, 0.25) is 11.8 Å². The monoisotopic (exact) mass is 328 g/mol. The van der Waals surface area contributed by atoms with Crippen molar-refractivity contribution in [1.29, 1.82) is 0 Å². The third-order valence-corrected chi connectivity index (χ3v) is 5.23. The summed E-state index contributed by atoms with van der Waals surface area (Å²) >= 11 is 0. The minimum absolute atomic E-state index is 0.112. The van der Waals surface area contributed by atoms with Gasteiger partial charge in [0.15, 0.2) is 0 Å². The Bertz CT molecular complexity index is 574. The van der Waals surface area contributed by atoms with Gasteiger partial charge >= 0.3 is 0 Å². The minimum Gasteiger partial charge on any atom is -0.342 e.